The van der Waals surface area contributed by atoms with E-state index in [1.807, 2.05) is 6.07 Å². The second kappa shape index (κ2) is 3.89. The third-order valence-electron chi connectivity index (χ3n) is 3.47. The molecule has 3 rings (SSSR count). The number of hydrogen-bond acceptors (Lipinski definition) is 3. The van der Waals surface area contributed by atoms with Gasteiger partial charge in [0.25, 0.3) is 0 Å². The molecule has 1 fully saturated rings. The summed E-state index contributed by atoms with van der Waals surface area (Å²) in [5, 5.41) is 0. The van der Waals surface area contributed by atoms with Gasteiger partial charge in [0.1, 0.15) is 5.52 Å². The standard InChI is InChI=1S/C13H16N2O/c1-9-7-8-14-13-11(9)15-12(16-13)10-5-3-2-4-6-10/h7-8,10H,2-6H2,1H3. The zero-order valence-corrected chi connectivity index (χ0v) is 9.57. The number of aromatic nitrogens is 2. The Hall–Kier alpha value is -1.38. The van der Waals surface area contributed by atoms with Crippen LogP contribution < -0.4 is 0 Å². The van der Waals surface area contributed by atoms with Crippen molar-refractivity contribution in [3.8, 4) is 0 Å². The van der Waals surface area contributed by atoms with E-state index in [0.29, 0.717) is 11.6 Å². The van der Waals surface area contributed by atoms with Gasteiger partial charge in [-0.25, -0.2) is 9.97 Å². The highest BCUT2D eigenvalue weighted by molar-refractivity contribution is 5.71. The molecule has 3 nitrogen and oxygen atoms in total. The van der Waals surface area contributed by atoms with Gasteiger partial charge >= 0.3 is 0 Å². The lowest BCUT2D eigenvalue weighted by molar-refractivity contribution is 0.371. The van der Waals surface area contributed by atoms with Crippen molar-refractivity contribution in [1.29, 1.82) is 0 Å². The molecule has 0 bridgehead atoms. The van der Waals surface area contributed by atoms with Gasteiger partial charge in [-0.05, 0) is 31.4 Å². The molecule has 1 saturated carbocycles. The number of rotatable bonds is 1. The van der Waals surface area contributed by atoms with Gasteiger partial charge in [0.2, 0.25) is 11.6 Å². The van der Waals surface area contributed by atoms with E-state index >= 15 is 0 Å². The van der Waals surface area contributed by atoms with Gasteiger partial charge < -0.3 is 4.42 Å². The van der Waals surface area contributed by atoms with E-state index in [0.717, 1.165) is 17.0 Å². The molecular weight excluding hydrogens is 200 g/mol. The quantitative estimate of drug-likeness (QED) is 0.731. The monoisotopic (exact) mass is 216 g/mol. The summed E-state index contributed by atoms with van der Waals surface area (Å²) in [6, 6.07) is 1.98. The van der Waals surface area contributed by atoms with Crippen LogP contribution in [0.5, 0.6) is 0 Å². The molecule has 0 amide bonds. The Balaban J connectivity index is 2.01. The van der Waals surface area contributed by atoms with Crippen LogP contribution in [-0.2, 0) is 0 Å². The maximum Gasteiger partial charge on any atom is 0.247 e. The first kappa shape index (κ1) is 9.82. The van der Waals surface area contributed by atoms with Crippen molar-refractivity contribution in [2.24, 2.45) is 0 Å². The topological polar surface area (TPSA) is 38.9 Å². The number of hydrogen-bond donors (Lipinski definition) is 0. The van der Waals surface area contributed by atoms with Crippen LogP contribution in [0.25, 0.3) is 11.2 Å². The first-order chi connectivity index (χ1) is 7.84. The van der Waals surface area contributed by atoms with E-state index < -0.39 is 0 Å². The molecule has 0 radical (unpaired) electrons. The molecule has 0 spiro atoms. The Kier molecular flexibility index (Phi) is 2.39. The van der Waals surface area contributed by atoms with E-state index in [4.69, 9.17) is 4.42 Å². The third-order valence-corrected chi connectivity index (χ3v) is 3.47. The van der Waals surface area contributed by atoms with Crippen molar-refractivity contribution >= 4 is 11.2 Å². The van der Waals surface area contributed by atoms with Gasteiger partial charge in [0.15, 0.2) is 0 Å². The van der Waals surface area contributed by atoms with E-state index in [1.165, 1.54) is 32.1 Å². The van der Waals surface area contributed by atoms with E-state index in [9.17, 15) is 0 Å². The van der Waals surface area contributed by atoms with Gasteiger partial charge in [-0.2, -0.15) is 0 Å². The minimum atomic E-state index is 0.516. The van der Waals surface area contributed by atoms with Crippen LogP contribution in [0.2, 0.25) is 0 Å². The molecule has 2 heterocycles. The minimum absolute atomic E-state index is 0.516. The Morgan fingerprint density at radius 1 is 1.25 bits per heavy atom. The SMILES string of the molecule is Cc1ccnc2oc(C3CCCCC3)nc12. The molecule has 0 aliphatic heterocycles. The molecule has 84 valence electrons. The summed E-state index contributed by atoms with van der Waals surface area (Å²) in [7, 11) is 0. The molecule has 2 aromatic heterocycles. The van der Waals surface area contributed by atoms with Crippen LogP contribution in [0.4, 0.5) is 0 Å². The van der Waals surface area contributed by atoms with Crippen LogP contribution in [-0.4, -0.2) is 9.97 Å². The van der Waals surface area contributed by atoms with Crippen molar-refractivity contribution in [2.75, 3.05) is 0 Å². The van der Waals surface area contributed by atoms with Gasteiger partial charge in [-0.3, -0.25) is 0 Å². The lowest BCUT2D eigenvalue weighted by Crippen LogP contribution is -2.04. The van der Waals surface area contributed by atoms with E-state index in [-0.39, 0.29) is 0 Å². The molecule has 2 aromatic rings. The summed E-state index contributed by atoms with van der Waals surface area (Å²) in [6.45, 7) is 2.05. The molecule has 16 heavy (non-hydrogen) atoms. The van der Waals surface area contributed by atoms with Crippen LogP contribution in [0, 0.1) is 6.92 Å². The zero-order valence-electron chi connectivity index (χ0n) is 9.57. The molecule has 0 saturated heterocycles. The summed E-state index contributed by atoms with van der Waals surface area (Å²) in [4.78, 5) is 8.84. The normalized spacial score (nSPS) is 18.1. The Morgan fingerprint density at radius 3 is 2.81 bits per heavy atom. The summed E-state index contributed by atoms with van der Waals surface area (Å²) in [5.74, 6) is 1.42. The Morgan fingerprint density at radius 2 is 2.06 bits per heavy atom. The second-order valence-corrected chi connectivity index (χ2v) is 4.67. The maximum atomic E-state index is 5.77. The van der Waals surface area contributed by atoms with Crippen LogP contribution in [0.3, 0.4) is 0 Å². The smallest absolute Gasteiger partial charge is 0.247 e. The number of fused-ring (bicyclic) bond motifs is 1. The van der Waals surface area contributed by atoms with Crippen molar-refractivity contribution in [1.82, 2.24) is 9.97 Å². The fourth-order valence-corrected chi connectivity index (χ4v) is 2.49. The summed E-state index contributed by atoms with van der Waals surface area (Å²) in [6.07, 6.45) is 8.17. The average molecular weight is 216 g/mol. The fourth-order valence-electron chi connectivity index (χ4n) is 2.49. The first-order valence-corrected chi connectivity index (χ1v) is 6.06. The summed E-state index contributed by atoms with van der Waals surface area (Å²) >= 11 is 0. The highest BCUT2D eigenvalue weighted by atomic mass is 16.4. The highest BCUT2D eigenvalue weighted by Gasteiger charge is 2.21. The summed E-state index contributed by atoms with van der Waals surface area (Å²) in [5.41, 5.74) is 2.78. The predicted molar refractivity (Wildman–Crippen MR) is 62.4 cm³/mol. The number of nitrogens with zero attached hydrogens (tertiary/aromatic N) is 2. The highest BCUT2D eigenvalue weighted by Crippen LogP contribution is 2.33. The lowest BCUT2D eigenvalue weighted by atomic mass is 9.89. The fraction of sp³-hybridized carbons (Fsp3) is 0.538. The molecule has 0 aromatic carbocycles. The van der Waals surface area contributed by atoms with Gasteiger partial charge in [-0.1, -0.05) is 19.3 Å². The van der Waals surface area contributed by atoms with Crippen molar-refractivity contribution in [2.45, 2.75) is 44.9 Å². The molecule has 0 unspecified atom stereocenters. The molecular formula is C13H16N2O. The molecule has 1 aliphatic carbocycles. The van der Waals surface area contributed by atoms with Crippen molar-refractivity contribution < 1.29 is 4.42 Å². The van der Waals surface area contributed by atoms with E-state index in [2.05, 4.69) is 16.9 Å². The lowest BCUT2D eigenvalue weighted by Gasteiger charge is -2.17. The molecule has 3 heteroatoms. The average Bonchev–Trinajstić information content (AvgIpc) is 2.76. The second-order valence-electron chi connectivity index (χ2n) is 4.67. The zero-order chi connectivity index (χ0) is 11.0. The molecule has 1 aliphatic rings. The van der Waals surface area contributed by atoms with Crippen molar-refractivity contribution in [3.63, 3.8) is 0 Å². The van der Waals surface area contributed by atoms with E-state index in [1.54, 1.807) is 6.20 Å². The molecule has 0 atom stereocenters. The number of aryl methyl sites for hydroxylation is 1. The van der Waals surface area contributed by atoms with Crippen molar-refractivity contribution in [3.05, 3.63) is 23.7 Å². The first-order valence-electron chi connectivity index (χ1n) is 6.06. The number of pyridine rings is 1. The van der Waals surface area contributed by atoms with Gasteiger partial charge in [0.05, 0.1) is 0 Å². The van der Waals surface area contributed by atoms with Crippen LogP contribution >= 0.6 is 0 Å². The molecule has 0 N–H and O–H groups in total. The summed E-state index contributed by atoms with van der Waals surface area (Å²) < 4.78 is 5.77. The van der Waals surface area contributed by atoms with Crippen LogP contribution in [0.1, 0.15) is 49.5 Å². The van der Waals surface area contributed by atoms with Crippen LogP contribution in [0.15, 0.2) is 16.7 Å². The van der Waals surface area contributed by atoms with Gasteiger partial charge in [-0.15, -0.1) is 0 Å². The largest absolute Gasteiger partial charge is 0.422 e. The Labute approximate surface area is 94.9 Å². The minimum Gasteiger partial charge on any atom is -0.422 e. The maximum absolute atomic E-state index is 5.77. The predicted octanol–water partition coefficient (Wildman–Crippen LogP) is 3.58. The third kappa shape index (κ3) is 1.60. The Bertz CT molecular complexity index is 498. The number of oxazole rings is 1. The van der Waals surface area contributed by atoms with Gasteiger partial charge in [0, 0.05) is 12.1 Å².